The van der Waals surface area contributed by atoms with Crippen LogP contribution in [0.5, 0.6) is 0 Å². The van der Waals surface area contributed by atoms with Crippen molar-refractivity contribution >= 4 is 17.5 Å². The first-order valence-corrected chi connectivity index (χ1v) is 9.61. The Labute approximate surface area is 167 Å². The molecule has 9 heteroatoms. The Kier molecular flexibility index (Phi) is 6.71. The fraction of sp³-hybridized carbons (Fsp3) is 0.400. The van der Waals surface area contributed by atoms with Crippen molar-refractivity contribution in [1.82, 2.24) is 19.6 Å². The van der Waals surface area contributed by atoms with Gasteiger partial charge >= 0.3 is 0 Å². The third-order valence-electron chi connectivity index (χ3n) is 4.68. The average molecular weight is 401 g/mol. The second kappa shape index (κ2) is 9.42. The van der Waals surface area contributed by atoms with E-state index in [1.807, 2.05) is 11.8 Å². The molecule has 0 aliphatic carbocycles. The van der Waals surface area contributed by atoms with Crippen molar-refractivity contribution in [3.63, 3.8) is 0 Å². The Morgan fingerprint density at radius 3 is 2.41 bits per heavy atom. The van der Waals surface area contributed by atoms with Gasteiger partial charge in [-0.1, -0.05) is 6.92 Å². The first kappa shape index (κ1) is 20.7. The molecule has 2 amide bonds. The highest BCUT2D eigenvalue weighted by molar-refractivity contribution is 5.93. The number of benzene rings is 1. The van der Waals surface area contributed by atoms with Crippen LogP contribution in [0.1, 0.15) is 23.8 Å². The molecule has 154 valence electrons. The van der Waals surface area contributed by atoms with Crippen LogP contribution < -0.4 is 10.9 Å². The van der Waals surface area contributed by atoms with E-state index < -0.39 is 0 Å². The number of aryl methyl sites for hydroxylation is 1. The molecule has 1 aromatic carbocycles. The lowest BCUT2D eigenvalue weighted by molar-refractivity contribution is -0.117. The van der Waals surface area contributed by atoms with Crippen LogP contribution in [0, 0.1) is 5.82 Å². The van der Waals surface area contributed by atoms with E-state index in [0.29, 0.717) is 38.4 Å². The van der Waals surface area contributed by atoms with Crippen LogP contribution in [-0.4, -0.2) is 64.1 Å². The molecule has 0 atom stereocenters. The Hall–Kier alpha value is -3.07. The SMILES string of the molecule is CCCn1nc(C(=O)N2CCN(CC(=O)Nc3ccc(F)cc3)CC2)ccc1=O. The second-order valence-corrected chi connectivity index (χ2v) is 6.90. The number of carbonyl (C=O) groups excluding carboxylic acids is 2. The summed E-state index contributed by atoms with van der Waals surface area (Å²) < 4.78 is 14.2. The van der Waals surface area contributed by atoms with E-state index in [1.165, 1.54) is 41.1 Å². The highest BCUT2D eigenvalue weighted by Gasteiger charge is 2.24. The normalized spacial score (nSPS) is 14.6. The zero-order chi connectivity index (χ0) is 20.8. The summed E-state index contributed by atoms with van der Waals surface area (Å²) in [5, 5.41) is 6.90. The van der Waals surface area contributed by atoms with Gasteiger partial charge in [0.1, 0.15) is 11.5 Å². The van der Waals surface area contributed by atoms with Gasteiger partial charge in [0.05, 0.1) is 6.54 Å². The maximum atomic E-state index is 12.9. The van der Waals surface area contributed by atoms with E-state index in [0.717, 1.165) is 6.42 Å². The first-order valence-electron chi connectivity index (χ1n) is 9.61. The number of carbonyl (C=O) groups is 2. The largest absolute Gasteiger partial charge is 0.335 e. The number of aromatic nitrogens is 2. The molecule has 1 saturated heterocycles. The molecule has 29 heavy (non-hydrogen) atoms. The molecule has 0 bridgehead atoms. The summed E-state index contributed by atoms with van der Waals surface area (Å²) in [6.07, 6.45) is 0.753. The highest BCUT2D eigenvalue weighted by Crippen LogP contribution is 2.10. The molecule has 8 nitrogen and oxygen atoms in total. The molecule has 1 fully saturated rings. The van der Waals surface area contributed by atoms with E-state index in [4.69, 9.17) is 0 Å². The fourth-order valence-corrected chi connectivity index (χ4v) is 3.14. The summed E-state index contributed by atoms with van der Waals surface area (Å²) in [6, 6.07) is 8.42. The van der Waals surface area contributed by atoms with Crippen molar-refractivity contribution in [2.24, 2.45) is 0 Å². The van der Waals surface area contributed by atoms with Gasteiger partial charge in [-0.2, -0.15) is 5.10 Å². The summed E-state index contributed by atoms with van der Waals surface area (Å²) in [6.45, 7) is 4.65. The lowest BCUT2D eigenvalue weighted by Gasteiger charge is -2.34. The predicted octanol–water partition coefficient (Wildman–Crippen LogP) is 1.19. The minimum atomic E-state index is -0.358. The van der Waals surface area contributed by atoms with Crippen LogP contribution in [0.15, 0.2) is 41.2 Å². The zero-order valence-corrected chi connectivity index (χ0v) is 16.3. The van der Waals surface area contributed by atoms with Crippen LogP contribution in [-0.2, 0) is 11.3 Å². The summed E-state index contributed by atoms with van der Waals surface area (Å²) >= 11 is 0. The molecule has 1 aromatic heterocycles. The van der Waals surface area contributed by atoms with Crippen LogP contribution in [0.3, 0.4) is 0 Å². The maximum Gasteiger partial charge on any atom is 0.274 e. The van der Waals surface area contributed by atoms with Crippen LogP contribution in [0.2, 0.25) is 0 Å². The summed E-state index contributed by atoms with van der Waals surface area (Å²) in [4.78, 5) is 40.2. The molecule has 0 saturated carbocycles. The molecule has 0 unspecified atom stereocenters. The third-order valence-corrected chi connectivity index (χ3v) is 4.68. The number of hydrogen-bond acceptors (Lipinski definition) is 5. The van der Waals surface area contributed by atoms with E-state index >= 15 is 0 Å². The van der Waals surface area contributed by atoms with E-state index in [2.05, 4.69) is 10.4 Å². The van der Waals surface area contributed by atoms with Gasteiger partial charge in [0.2, 0.25) is 5.91 Å². The van der Waals surface area contributed by atoms with Crippen molar-refractivity contribution in [2.45, 2.75) is 19.9 Å². The Morgan fingerprint density at radius 2 is 1.76 bits per heavy atom. The van der Waals surface area contributed by atoms with E-state index in [9.17, 15) is 18.8 Å². The predicted molar refractivity (Wildman–Crippen MR) is 106 cm³/mol. The molecule has 1 aliphatic heterocycles. The van der Waals surface area contributed by atoms with Gasteiger partial charge in [-0.05, 0) is 36.8 Å². The number of piperazine rings is 1. The lowest BCUT2D eigenvalue weighted by atomic mass is 10.2. The quantitative estimate of drug-likeness (QED) is 0.786. The first-order chi connectivity index (χ1) is 14.0. The molecule has 1 N–H and O–H groups in total. The van der Waals surface area contributed by atoms with Crippen molar-refractivity contribution in [2.75, 3.05) is 38.0 Å². The van der Waals surface area contributed by atoms with Gasteiger partial charge in [0.15, 0.2) is 0 Å². The van der Waals surface area contributed by atoms with Crippen molar-refractivity contribution < 1.29 is 14.0 Å². The molecule has 1 aliphatic rings. The second-order valence-electron chi connectivity index (χ2n) is 6.90. The minimum Gasteiger partial charge on any atom is -0.335 e. The van der Waals surface area contributed by atoms with Crippen LogP contribution >= 0.6 is 0 Å². The number of rotatable bonds is 6. The highest BCUT2D eigenvalue weighted by atomic mass is 19.1. The molecule has 0 radical (unpaired) electrons. The maximum absolute atomic E-state index is 12.9. The number of nitrogens with one attached hydrogen (secondary N) is 1. The number of hydrogen-bond donors (Lipinski definition) is 1. The Balaban J connectivity index is 1.51. The standard InChI is InChI=1S/C20H24FN5O3/c1-2-9-26-19(28)8-7-17(23-26)20(29)25-12-10-24(11-13-25)14-18(27)22-16-5-3-15(21)4-6-16/h3-8H,2,9-14H2,1H3,(H,22,27). The minimum absolute atomic E-state index is 0.190. The molecular weight excluding hydrogens is 377 g/mol. The molecular formula is C20H24FN5O3. The van der Waals surface area contributed by atoms with E-state index in [-0.39, 0.29) is 35.4 Å². The Morgan fingerprint density at radius 1 is 1.07 bits per heavy atom. The number of halogens is 1. The monoisotopic (exact) mass is 401 g/mol. The van der Waals surface area contributed by atoms with Gasteiger partial charge in [0.25, 0.3) is 11.5 Å². The molecule has 0 spiro atoms. The van der Waals surface area contributed by atoms with Crippen LogP contribution in [0.4, 0.5) is 10.1 Å². The lowest BCUT2D eigenvalue weighted by Crippen LogP contribution is -2.50. The number of nitrogens with zero attached hydrogens (tertiary/aromatic N) is 4. The number of anilines is 1. The smallest absolute Gasteiger partial charge is 0.274 e. The topological polar surface area (TPSA) is 87.5 Å². The van der Waals surface area contributed by atoms with E-state index in [1.54, 1.807) is 4.90 Å². The average Bonchev–Trinajstić information content (AvgIpc) is 2.71. The summed E-state index contributed by atoms with van der Waals surface area (Å²) in [5.74, 6) is -0.765. The Bertz CT molecular complexity index is 920. The van der Waals surface area contributed by atoms with Crippen LogP contribution in [0.25, 0.3) is 0 Å². The molecule has 2 aromatic rings. The van der Waals surface area contributed by atoms with Crippen molar-refractivity contribution in [1.29, 1.82) is 0 Å². The van der Waals surface area contributed by atoms with Crippen molar-refractivity contribution in [3.05, 3.63) is 58.3 Å². The van der Waals surface area contributed by atoms with Crippen molar-refractivity contribution in [3.8, 4) is 0 Å². The van der Waals surface area contributed by atoms with Gasteiger partial charge < -0.3 is 10.2 Å². The molecule has 2 heterocycles. The van der Waals surface area contributed by atoms with Gasteiger partial charge in [-0.15, -0.1) is 0 Å². The third kappa shape index (κ3) is 5.47. The summed E-state index contributed by atoms with van der Waals surface area (Å²) in [7, 11) is 0. The zero-order valence-electron chi connectivity index (χ0n) is 16.3. The van der Waals surface area contributed by atoms with Gasteiger partial charge in [-0.25, -0.2) is 9.07 Å². The fourth-order valence-electron chi connectivity index (χ4n) is 3.14. The number of amides is 2. The summed E-state index contributed by atoms with van der Waals surface area (Å²) in [5.41, 5.74) is 0.569. The van der Waals surface area contributed by atoms with Gasteiger partial charge in [-0.3, -0.25) is 19.3 Å². The van der Waals surface area contributed by atoms with Gasteiger partial charge in [0, 0.05) is 44.5 Å². The molecule has 3 rings (SSSR count).